The molecule has 0 aromatic heterocycles. The quantitative estimate of drug-likeness (QED) is 0.556. The molecule has 0 saturated heterocycles. The van der Waals surface area contributed by atoms with E-state index < -0.39 is 5.97 Å². The number of ether oxygens (including phenoxy) is 1. The minimum atomic E-state index is -0.941. The van der Waals surface area contributed by atoms with E-state index in [0.29, 0.717) is 19.3 Å². The second kappa shape index (κ2) is 11.0. The predicted octanol–water partition coefficient (Wildman–Crippen LogP) is 1.95. The van der Waals surface area contributed by atoms with Crippen LogP contribution in [0.5, 0.6) is 0 Å². The normalized spacial score (nSPS) is 12.1. The van der Waals surface area contributed by atoms with Gasteiger partial charge >= 0.3 is 5.97 Å². The molecule has 2 N–H and O–H groups in total. The van der Waals surface area contributed by atoms with E-state index in [2.05, 4.69) is 19.2 Å². The molecule has 0 radical (unpaired) electrons. The van der Waals surface area contributed by atoms with Gasteiger partial charge in [-0.3, -0.25) is 9.59 Å². The zero-order valence-electron chi connectivity index (χ0n) is 11.4. The van der Waals surface area contributed by atoms with Gasteiger partial charge in [0.25, 0.3) is 0 Å². The molecule has 0 saturated carbocycles. The summed E-state index contributed by atoms with van der Waals surface area (Å²) >= 11 is 0. The van der Waals surface area contributed by atoms with Crippen molar-refractivity contribution < 1.29 is 19.4 Å². The third-order valence-corrected chi connectivity index (χ3v) is 2.56. The lowest BCUT2D eigenvalue weighted by Crippen LogP contribution is -2.25. The predicted molar refractivity (Wildman–Crippen MR) is 69.4 cm³/mol. The highest BCUT2D eigenvalue weighted by atomic mass is 16.5. The summed E-state index contributed by atoms with van der Waals surface area (Å²) in [5, 5.41) is 11.1. The molecule has 0 spiro atoms. The summed E-state index contributed by atoms with van der Waals surface area (Å²) < 4.78 is 5.58. The van der Waals surface area contributed by atoms with Crippen LogP contribution in [0.4, 0.5) is 0 Å². The Morgan fingerprint density at radius 1 is 1.28 bits per heavy atom. The smallest absolute Gasteiger partial charge is 0.303 e. The van der Waals surface area contributed by atoms with Crippen molar-refractivity contribution in [3.63, 3.8) is 0 Å². The summed E-state index contributed by atoms with van der Waals surface area (Å²) in [6, 6.07) is 0. The van der Waals surface area contributed by atoms with Gasteiger partial charge in [0.1, 0.15) is 0 Å². The maximum absolute atomic E-state index is 11.2. The van der Waals surface area contributed by atoms with Gasteiger partial charge in [-0.05, 0) is 26.2 Å². The molecule has 1 unspecified atom stereocenters. The first-order valence-electron chi connectivity index (χ1n) is 6.66. The van der Waals surface area contributed by atoms with Crippen molar-refractivity contribution in [3.8, 4) is 0 Å². The maximum Gasteiger partial charge on any atom is 0.303 e. The Kier molecular flexibility index (Phi) is 10.3. The van der Waals surface area contributed by atoms with Gasteiger partial charge in [-0.1, -0.05) is 13.3 Å². The van der Waals surface area contributed by atoms with Gasteiger partial charge in [-0.2, -0.15) is 0 Å². The molecule has 5 heteroatoms. The summed E-state index contributed by atoms with van der Waals surface area (Å²) in [4.78, 5) is 21.4. The first-order valence-corrected chi connectivity index (χ1v) is 6.66. The molecule has 0 aromatic rings. The second-order valence-electron chi connectivity index (χ2n) is 4.42. The zero-order chi connectivity index (χ0) is 13.8. The zero-order valence-corrected chi connectivity index (χ0v) is 11.4. The maximum atomic E-state index is 11.2. The Balaban J connectivity index is 3.29. The third kappa shape index (κ3) is 11.4. The minimum Gasteiger partial charge on any atom is -0.481 e. The largest absolute Gasteiger partial charge is 0.481 e. The molecule has 0 heterocycles. The minimum absolute atomic E-state index is 0.0549. The van der Waals surface area contributed by atoms with Crippen molar-refractivity contribution in [2.24, 2.45) is 0 Å². The molecule has 1 amide bonds. The van der Waals surface area contributed by atoms with E-state index in [-0.39, 0.29) is 18.7 Å². The molecule has 0 fully saturated rings. The van der Waals surface area contributed by atoms with Crippen molar-refractivity contribution in [3.05, 3.63) is 0 Å². The van der Waals surface area contributed by atoms with Crippen molar-refractivity contribution in [1.82, 2.24) is 5.32 Å². The highest BCUT2D eigenvalue weighted by Crippen LogP contribution is 2.02. The van der Waals surface area contributed by atoms with E-state index >= 15 is 0 Å². The lowest BCUT2D eigenvalue weighted by atomic mass is 10.2. The van der Waals surface area contributed by atoms with Gasteiger partial charge < -0.3 is 15.2 Å². The third-order valence-electron chi connectivity index (χ3n) is 2.56. The van der Waals surface area contributed by atoms with Crippen LogP contribution in [0, 0.1) is 0 Å². The molecule has 18 heavy (non-hydrogen) atoms. The number of nitrogens with one attached hydrogen (secondary N) is 1. The monoisotopic (exact) mass is 259 g/mol. The molecule has 1 atom stereocenters. The fourth-order valence-corrected chi connectivity index (χ4v) is 1.54. The Hall–Kier alpha value is -1.10. The van der Waals surface area contributed by atoms with Crippen LogP contribution in [0.25, 0.3) is 0 Å². The molecule has 0 bridgehead atoms. The summed E-state index contributed by atoms with van der Waals surface area (Å²) in [7, 11) is 0. The molecular weight excluding hydrogens is 234 g/mol. The number of carbonyl (C=O) groups excluding carboxylic acids is 1. The summed E-state index contributed by atoms with van der Waals surface area (Å²) in [6.07, 6.45) is 4.22. The number of aliphatic carboxylic acids is 1. The van der Waals surface area contributed by atoms with E-state index in [1.165, 1.54) is 0 Å². The summed E-state index contributed by atoms with van der Waals surface area (Å²) in [5.41, 5.74) is 0. The van der Waals surface area contributed by atoms with Gasteiger partial charge in [0.05, 0.1) is 12.5 Å². The van der Waals surface area contributed by atoms with Crippen molar-refractivity contribution >= 4 is 11.9 Å². The van der Waals surface area contributed by atoms with E-state index in [0.717, 1.165) is 25.7 Å². The number of carboxylic acids is 1. The second-order valence-corrected chi connectivity index (χ2v) is 4.42. The number of carboxylic acid groups (broad SMARTS) is 1. The first-order chi connectivity index (χ1) is 8.56. The summed E-state index contributed by atoms with van der Waals surface area (Å²) in [6.45, 7) is 5.50. The van der Waals surface area contributed by atoms with Crippen molar-refractivity contribution in [2.45, 2.75) is 58.5 Å². The standard InChI is InChI=1S/C13H25NO4/c1-3-6-11(2)18-10-5-4-9-14-12(15)7-8-13(16)17/h11H,3-10H2,1-2H3,(H,14,15)(H,16,17). The van der Waals surface area contributed by atoms with Crippen molar-refractivity contribution in [2.75, 3.05) is 13.2 Å². The van der Waals surface area contributed by atoms with E-state index in [1.54, 1.807) is 0 Å². The molecular formula is C13H25NO4. The van der Waals surface area contributed by atoms with Gasteiger partial charge in [0.2, 0.25) is 5.91 Å². The SMILES string of the molecule is CCCC(C)OCCCCNC(=O)CCC(=O)O. The van der Waals surface area contributed by atoms with Crippen LogP contribution in [-0.4, -0.2) is 36.2 Å². The number of rotatable bonds is 11. The average molecular weight is 259 g/mol. The van der Waals surface area contributed by atoms with Crippen LogP contribution in [0.15, 0.2) is 0 Å². The molecule has 0 aliphatic rings. The number of unbranched alkanes of at least 4 members (excludes halogenated alkanes) is 1. The highest BCUT2D eigenvalue weighted by molar-refractivity contribution is 5.80. The lowest BCUT2D eigenvalue weighted by molar-refractivity contribution is -0.138. The Labute approximate surface area is 109 Å². The number of amides is 1. The fraction of sp³-hybridized carbons (Fsp3) is 0.846. The van der Waals surface area contributed by atoms with E-state index in [9.17, 15) is 9.59 Å². The van der Waals surface area contributed by atoms with Gasteiger partial charge in [-0.25, -0.2) is 0 Å². The van der Waals surface area contributed by atoms with Crippen LogP contribution in [0.1, 0.15) is 52.4 Å². The van der Waals surface area contributed by atoms with Crippen LogP contribution in [0.2, 0.25) is 0 Å². The van der Waals surface area contributed by atoms with Crippen LogP contribution >= 0.6 is 0 Å². The molecule has 0 aliphatic heterocycles. The van der Waals surface area contributed by atoms with Crippen LogP contribution in [-0.2, 0) is 14.3 Å². The Morgan fingerprint density at radius 3 is 2.61 bits per heavy atom. The number of hydrogen-bond donors (Lipinski definition) is 2. The molecule has 106 valence electrons. The number of hydrogen-bond acceptors (Lipinski definition) is 3. The lowest BCUT2D eigenvalue weighted by Gasteiger charge is -2.11. The van der Waals surface area contributed by atoms with E-state index in [4.69, 9.17) is 9.84 Å². The Morgan fingerprint density at radius 2 is 2.00 bits per heavy atom. The van der Waals surface area contributed by atoms with Crippen LogP contribution in [0.3, 0.4) is 0 Å². The average Bonchev–Trinajstić information content (AvgIpc) is 2.31. The highest BCUT2D eigenvalue weighted by Gasteiger charge is 2.04. The number of carbonyl (C=O) groups is 2. The topological polar surface area (TPSA) is 75.6 Å². The van der Waals surface area contributed by atoms with Gasteiger partial charge in [0, 0.05) is 19.6 Å². The Bertz CT molecular complexity index is 243. The van der Waals surface area contributed by atoms with Crippen molar-refractivity contribution in [1.29, 1.82) is 0 Å². The molecule has 0 rings (SSSR count). The first kappa shape index (κ1) is 16.9. The van der Waals surface area contributed by atoms with E-state index in [1.807, 2.05) is 0 Å². The van der Waals surface area contributed by atoms with Gasteiger partial charge in [0.15, 0.2) is 0 Å². The fourth-order valence-electron chi connectivity index (χ4n) is 1.54. The van der Waals surface area contributed by atoms with Crippen LogP contribution < -0.4 is 5.32 Å². The molecule has 0 aromatic carbocycles. The summed E-state index contributed by atoms with van der Waals surface area (Å²) in [5.74, 6) is -1.14. The molecule has 5 nitrogen and oxygen atoms in total. The molecule has 0 aliphatic carbocycles. The van der Waals surface area contributed by atoms with Gasteiger partial charge in [-0.15, -0.1) is 0 Å².